The maximum absolute atomic E-state index is 13.1. The number of carbonyl (C=O) groups is 1. The summed E-state index contributed by atoms with van der Waals surface area (Å²) in [6.07, 6.45) is 3.37. The Labute approximate surface area is 184 Å². The second-order valence-corrected chi connectivity index (χ2v) is 7.53. The van der Waals surface area contributed by atoms with Crippen LogP contribution in [0.2, 0.25) is 0 Å². The molecular weight excluding hydrogens is 406 g/mol. The number of aromatic nitrogens is 3. The van der Waals surface area contributed by atoms with Crippen LogP contribution in [0.3, 0.4) is 0 Å². The summed E-state index contributed by atoms with van der Waals surface area (Å²) in [5, 5.41) is 11.9. The molecule has 0 aliphatic heterocycles. The lowest BCUT2D eigenvalue weighted by atomic mass is 10.1. The molecule has 0 aliphatic rings. The van der Waals surface area contributed by atoms with Gasteiger partial charge in [-0.2, -0.15) is 0 Å². The van der Waals surface area contributed by atoms with E-state index in [2.05, 4.69) is 17.2 Å². The van der Waals surface area contributed by atoms with Crippen molar-refractivity contribution in [3.05, 3.63) is 81.7 Å². The van der Waals surface area contributed by atoms with Gasteiger partial charge in [0.25, 0.3) is 11.5 Å². The highest BCUT2D eigenvalue weighted by atomic mass is 16.5. The molecule has 0 fully saturated rings. The van der Waals surface area contributed by atoms with Gasteiger partial charge in [0.1, 0.15) is 22.5 Å². The van der Waals surface area contributed by atoms with E-state index in [1.165, 1.54) is 10.5 Å². The number of ether oxygens (including phenoxy) is 1. The fraction of sp³-hybridized carbons (Fsp3) is 0.250. The lowest BCUT2D eigenvalue weighted by molar-refractivity contribution is 0.0948. The summed E-state index contributed by atoms with van der Waals surface area (Å²) in [5.74, 6) is 0.329. The molecule has 0 bridgehead atoms. The van der Waals surface area contributed by atoms with Crippen LogP contribution in [0.1, 0.15) is 35.7 Å². The van der Waals surface area contributed by atoms with Crippen molar-refractivity contribution in [2.75, 3.05) is 7.11 Å². The van der Waals surface area contributed by atoms with Gasteiger partial charge in [-0.05, 0) is 42.3 Å². The number of nitrogens with zero attached hydrogens (tertiary/aromatic N) is 3. The molecule has 0 aliphatic carbocycles. The van der Waals surface area contributed by atoms with E-state index in [1.54, 1.807) is 30.0 Å². The average Bonchev–Trinajstić information content (AvgIpc) is 2.82. The first-order chi connectivity index (χ1) is 15.5. The summed E-state index contributed by atoms with van der Waals surface area (Å²) >= 11 is 0. The molecule has 1 aromatic carbocycles. The number of unbranched alkanes of at least 4 members (excludes halogenated alkanes) is 1. The number of benzene rings is 1. The molecule has 2 N–H and O–H groups in total. The van der Waals surface area contributed by atoms with Crippen LogP contribution in [0, 0.1) is 5.41 Å². The molecule has 4 aromatic rings. The molecule has 0 saturated carbocycles. The lowest BCUT2D eigenvalue weighted by Crippen LogP contribution is -2.34. The van der Waals surface area contributed by atoms with Gasteiger partial charge in [-0.15, -0.1) is 0 Å². The van der Waals surface area contributed by atoms with E-state index in [1.807, 2.05) is 30.3 Å². The van der Waals surface area contributed by atoms with Crippen molar-refractivity contribution >= 4 is 22.6 Å². The zero-order valence-corrected chi connectivity index (χ0v) is 18.1. The van der Waals surface area contributed by atoms with Gasteiger partial charge in [0.05, 0.1) is 18.1 Å². The second-order valence-electron chi connectivity index (χ2n) is 7.53. The fourth-order valence-corrected chi connectivity index (χ4v) is 3.62. The SMILES string of the molecule is CCCCn1c(=N)c(C(=O)NCc2ccc(OC)cc2)cc2c(=O)n3ccccc3nc21. The number of amides is 1. The Kier molecular flexibility index (Phi) is 6.02. The number of nitrogens with one attached hydrogen (secondary N) is 2. The molecule has 0 spiro atoms. The van der Waals surface area contributed by atoms with E-state index in [4.69, 9.17) is 10.1 Å². The number of hydrogen-bond acceptors (Lipinski definition) is 5. The van der Waals surface area contributed by atoms with E-state index in [0.29, 0.717) is 29.8 Å². The molecule has 4 rings (SSSR count). The minimum absolute atomic E-state index is 0.0466. The quantitative estimate of drug-likeness (QED) is 0.439. The largest absolute Gasteiger partial charge is 0.497 e. The third-order valence-corrected chi connectivity index (χ3v) is 5.41. The minimum atomic E-state index is -0.407. The number of fused-ring (bicyclic) bond motifs is 2. The Morgan fingerprint density at radius 2 is 1.97 bits per heavy atom. The average molecular weight is 431 g/mol. The molecule has 3 heterocycles. The maximum Gasteiger partial charge on any atom is 0.267 e. The number of aryl methyl sites for hydroxylation is 1. The summed E-state index contributed by atoms with van der Waals surface area (Å²) in [4.78, 5) is 30.8. The molecule has 0 unspecified atom stereocenters. The zero-order valence-electron chi connectivity index (χ0n) is 18.1. The molecule has 164 valence electrons. The van der Waals surface area contributed by atoms with E-state index in [9.17, 15) is 9.59 Å². The van der Waals surface area contributed by atoms with Gasteiger partial charge >= 0.3 is 0 Å². The van der Waals surface area contributed by atoms with Crippen molar-refractivity contribution in [1.29, 1.82) is 5.41 Å². The second kappa shape index (κ2) is 9.05. The topological polar surface area (TPSA) is 101 Å². The standard InChI is InChI=1S/C24H25N5O3/c1-3-4-12-29-21(25)18(23(30)26-15-16-8-10-17(32-2)11-9-16)14-19-22(29)27-20-7-5-6-13-28(20)24(19)31/h5-11,13-14,25H,3-4,12,15H2,1-2H3,(H,26,30). The highest BCUT2D eigenvalue weighted by Gasteiger charge is 2.17. The van der Waals surface area contributed by atoms with Gasteiger partial charge in [0, 0.05) is 19.3 Å². The van der Waals surface area contributed by atoms with Crippen LogP contribution >= 0.6 is 0 Å². The Bertz CT molecular complexity index is 1400. The predicted molar refractivity (Wildman–Crippen MR) is 122 cm³/mol. The molecule has 32 heavy (non-hydrogen) atoms. The molecular formula is C24H25N5O3. The van der Waals surface area contributed by atoms with E-state index < -0.39 is 5.91 Å². The van der Waals surface area contributed by atoms with Gasteiger partial charge in [-0.1, -0.05) is 31.5 Å². The van der Waals surface area contributed by atoms with Crippen LogP contribution in [0.15, 0.2) is 59.5 Å². The van der Waals surface area contributed by atoms with Gasteiger partial charge < -0.3 is 14.6 Å². The first-order valence-corrected chi connectivity index (χ1v) is 10.5. The molecule has 1 amide bonds. The summed E-state index contributed by atoms with van der Waals surface area (Å²) in [7, 11) is 1.60. The smallest absolute Gasteiger partial charge is 0.267 e. The fourth-order valence-electron chi connectivity index (χ4n) is 3.62. The van der Waals surface area contributed by atoms with Crippen molar-refractivity contribution in [3.8, 4) is 5.75 Å². The molecule has 8 heteroatoms. The minimum Gasteiger partial charge on any atom is -0.497 e. The molecule has 0 atom stereocenters. The highest BCUT2D eigenvalue weighted by molar-refractivity contribution is 5.96. The van der Waals surface area contributed by atoms with E-state index >= 15 is 0 Å². The van der Waals surface area contributed by atoms with Crippen LogP contribution < -0.4 is 21.1 Å². The summed E-state index contributed by atoms with van der Waals surface area (Å²) in [6.45, 7) is 2.85. The van der Waals surface area contributed by atoms with Crippen molar-refractivity contribution in [1.82, 2.24) is 19.3 Å². The Balaban J connectivity index is 1.77. The summed E-state index contributed by atoms with van der Waals surface area (Å²) in [6, 6.07) is 14.2. The molecule has 0 saturated heterocycles. The van der Waals surface area contributed by atoms with E-state index in [-0.39, 0.29) is 16.6 Å². The summed E-state index contributed by atoms with van der Waals surface area (Å²) < 4.78 is 8.27. The van der Waals surface area contributed by atoms with Crippen LogP contribution in [0.5, 0.6) is 5.75 Å². The van der Waals surface area contributed by atoms with Gasteiger partial charge in [-0.3, -0.25) is 19.4 Å². The zero-order chi connectivity index (χ0) is 22.7. The van der Waals surface area contributed by atoms with Gasteiger partial charge in [0.2, 0.25) is 0 Å². The van der Waals surface area contributed by atoms with Crippen molar-refractivity contribution in [3.63, 3.8) is 0 Å². The van der Waals surface area contributed by atoms with Crippen molar-refractivity contribution in [2.24, 2.45) is 0 Å². The Hall–Kier alpha value is -3.94. The normalized spacial score (nSPS) is 11.1. The van der Waals surface area contributed by atoms with E-state index in [0.717, 1.165) is 24.2 Å². The first kappa shape index (κ1) is 21.3. The van der Waals surface area contributed by atoms with Gasteiger partial charge in [-0.25, -0.2) is 4.98 Å². The number of hydrogen-bond donors (Lipinski definition) is 2. The Morgan fingerprint density at radius 3 is 2.69 bits per heavy atom. The summed E-state index contributed by atoms with van der Waals surface area (Å²) in [5.41, 5.74) is 1.76. The number of pyridine rings is 2. The van der Waals surface area contributed by atoms with Crippen LogP contribution in [0.25, 0.3) is 16.7 Å². The first-order valence-electron chi connectivity index (χ1n) is 10.5. The maximum atomic E-state index is 13.1. The van der Waals surface area contributed by atoms with Crippen LogP contribution in [-0.2, 0) is 13.1 Å². The third kappa shape index (κ3) is 3.99. The number of methoxy groups -OCH3 is 1. The monoisotopic (exact) mass is 431 g/mol. The third-order valence-electron chi connectivity index (χ3n) is 5.41. The molecule has 3 aromatic heterocycles. The van der Waals surface area contributed by atoms with Crippen LogP contribution in [-0.4, -0.2) is 27.0 Å². The predicted octanol–water partition coefficient (Wildman–Crippen LogP) is 2.87. The molecule has 8 nitrogen and oxygen atoms in total. The number of rotatable bonds is 7. The van der Waals surface area contributed by atoms with Crippen LogP contribution in [0.4, 0.5) is 0 Å². The highest BCUT2D eigenvalue weighted by Crippen LogP contribution is 2.13. The lowest BCUT2D eigenvalue weighted by Gasteiger charge is -2.14. The number of carbonyl (C=O) groups excluding carboxylic acids is 1. The van der Waals surface area contributed by atoms with Gasteiger partial charge in [0.15, 0.2) is 0 Å². The molecule has 0 radical (unpaired) electrons. The Morgan fingerprint density at radius 1 is 1.19 bits per heavy atom. The van der Waals surface area contributed by atoms with Crippen molar-refractivity contribution < 1.29 is 9.53 Å². The van der Waals surface area contributed by atoms with Crippen molar-refractivity contribution in [2.45, 2.75) is 32.9 Å².